The van der Waals surface area contributed by atoms with E-state index in [0.717, 1.165) is 6.92 Å². The smallest absolute Gasteiger partial charge is 0.326 e. The Balaban J connectivity index is 6.47. The van der Waals surface area contributed by atoms with Gasteiger partial charge in [0.2, 0.25) is 53.2 Å². The number of guanidine groups is 1. The lowest BCUT2D eigenvalue weighted by molar-refractivity contribution is -0.143. The van der Waals surface area contributed by atoms with E-state index in [9.17, 15) is 68.1 Å². The predicted octanol–water partition coefficient (Wildman–Crippen LogP) is -1.71. The number of aliphatic hydroxyl groups excluding tert-OH is 1. The zero-order valence-corrected chi connectivity index (χ0v) is 48.9. The van der Waals surface area contributed by atoms with Gasteiger partial charge >= 0.3 is 11.9 Å². The van der Waals surface area contributed by atoms with Gasteiger partial charge in [-0.1, -0.05) is 69.2 Å². The topological polar surface area (TPSA) is 447 Å². The van der Waals surface area contributed by atoms with Crippen molar-refractivity contribution in [2.75, 3.05) is 25.1 Å². The maximum atomic E-state index is 14.0. The molecule has 79 heavy (non-hydrogen) atoms. The molecule has 9 amide bonds. The largest absolute Gasteiger partial charge is 0.481 e. The molecular weight excluding hydrogens is 1050 g/mol. The first-order chi connectivity index (χ1) is 36.7. The Bertz CT molecular complexity index is 2050. The number of nitrogens with zero attached hydrogens (tertiary/aromatic N) is 1. The average Bonchev–Trinajstić information content (AvgIpc) is 3.31. The third-order valence-electron chi connectivity index (χ3n) is 11.7. The number of hydrogen-bond donors (Lipinski definition) is 15. The van der Waals surface area contributed by atoms with Crippen molar-refractivity contribution in [2.45, 2.75) is 194 Å². The molecular formula is C51H93N13O14S. The average molecular weight is 1140 g/mol. The van der Waals surface area contributed by atoms with Crippen molar-refractivity contribution in [1.29, 1.82) is 0 Å². The fourth-order valence-corrected chi connectivity index (χ4v) is 8.37. The number of carbonyl (C=O) groups is 11. The summed E-state index contributed by atoms with van der Waals surface area (Å²) in [5.41, 5.74) is 16.9. The number of aliphatic carboxylic acids is 2. The van der Waals surface area contributed by atoms with Crippen molar-refractivity contribution in [3.8, 4) is 0 Å². The number of carboxylic acid groups (broad SMARTS) is 2. The number of nitrogens with two attached hydrogens (primary N) is 3. The zero-order valence-electron chi connectivity index (χ0n) is 48.1. The van der Waals surface area contributed by atoms with E-state index in [2.05, 4.69) is 52.8 Å². The van der Waals surface area contributed by atoms with Gasteiger partial charge in [-0.2, -0.15) is 11.8 Å². The van der Waals surface area contributed by atoms with Crippen molar-refractivity contribution in [3.63, 3.8) is 0 Å². The summed E-state index contributed by atoms with van der Waals surface area (Å²) in [7, 11) is 0. The molecule has 0 saturated heterocycles. The molecule has 0 aromatic heterocycles. The quantitative estimate of drug-likeness (QED) is 0.0185. The molecule has 0 aliphatic carbocycles. The number of aliphatic imine (C=N–C) groups is 1. The van der Waals surface area contributed by atoms with Crippen LogP contribution in [0, 0.1) is 29.6 Å². The molecule has 18 N–H and O–H groups in total. The fourth-order valence-electron chi connectivity index (χ4n) is 7.90. The number of hydrogen-bond acceptors (Lipinski definition) is 15. The lowest BCUT2D eigenvalue weighted by Crippen LogP contribution is -2.62. The van der Waals surface area contributed by atoms with E-state index in [0.29, 0.717) is 12.2 Å². The van der Waals surface area contributed by atoms with Gasteiger partial charge in [-0.05, 0) is 99.9 Å². The van der Waals surface area contributed by atoms with Crippen LogP contribution in [-0.4, -0.2) is 172 Å². The highest BCUT2D eigenvalue weighted by Crippen LogP contribution is 2.13. The van der Waals surface area contributed by atoms with Crippen molar-refractivity contribution in [1.82, 2.24) is 47.9 Å². The molecule has 28 heteroatoms. The number of amides is 9. The summed E-state index contributed by atoms with van der Waals surface area (Å²) in [6.45, 7) is 18.4. The maximum absolute atomic E-state index is 14.0. The Kier molecular flexibility index (Phi) is 34.6. The van der Waals surface area contributed by atoms with E-state index in [4.69, 9.17) is 17.2 Å². The van der Waals surface area contributed by atoms with Crippen LogP contribution < -0.4 is 65.1 Å². The second-order valence-corrected chi connectivity index (χ2v) is 22.8. The van der Waals surface area contributed by atoms with E-state index in [1.165, 1.54) is 11.8 Å². The summed E-state index contributed by atoms with van der Waals surface area (Å²) < 4.78 is 0. The van der Waals surface area contributed by atoms with Crippen molar-refractivity contribution < 1.29 is 68.1 Å². The van der Waals surface area contributed by atoms with Crippen molar-refractivity contribution in [2.24, 2.45) is 51.8 Å². The fraction of sp³-hybridized carbons (Fsp3) is 0.765. The second kappa shape index (κ2) is 37.6. The van der Waals surface area contributed by atoms with Crippen LogP contribution in [0.5, 0.6) is 0 Å². The number of thioether (sulfide) groups is 1. The lowest BCUT2D eigenvalue weighted by Gasteiger charge is -2.29. The molecule has 0 unspecified atom stereocenters. The van der Waals surface area contributed by atoms with Crippen LogP contribution in [0.4, 0.5) is 0 Å². The number of aliphatic hydroxyl groups is 1. The van der Waals surface area contributed by atoms with Gasteiger partial charge in [0.1, 0.15) is 48.3 Å². The van der Waals surface area contributed by atoms with Crippen LogP contribution in [0.3, 0.4) is 0 Å². The van der Waals surface area contributed by atoms with Crippen LogP contribution >= 0.6 is 11.8 Å². The molecule has 0 aliphatic heterocycles. The summed E-state index contributed by atoms with van der Waals surface area (Å²) in [6, 6.07) is -12.2. The highest BCUT2D eigenvalue weighted by Gasteiger charge is 2.37. The SMILES string of the molecule is CSCC[C@H](NC(=O)[C@H](CCCN=C(N)N)NC(=O)CNC(=O)[C@H](CC(C)C)NC(=O)[C@H](CC(C)C)NC(=O)[C@@H](NC(=O)[C@H](CC(=O)O)NC(=O)[C@H](CC(C)C)NC(=O)[C@@H](N)CC(C)C)[C@@H](C)O)C(=O)N[C@@H](CC(C)C)C(=O)O. The van der Waals surface area contributed by atoms with E-state index in [-0.39, 0.29) is 87.0 Å². The van der Waals surface area contributed by atoms with Crippen LogP contribution in [-0.2, 0) is 52.7 Å². The van der Waals surface area contributed by atoms with Gasteiger partial charge in [0, 0.05) is 6.54 Å². The van der Waals surface area contributed by atoms with E-state index in [1.54, 1.807) is 61.6 Å². The minimum absolute atomic E-state index is 0.0253. The minimum atomic E-state index is -1.81. The van der Waals surface area contributed by atoms with Crippen molar-refractivity contribution >= 4 is 82.8 Å². The molecule has 0 aromatic rings. The van der Waals surface area contributed by atoms with Crippen LogP contribution in [0.15, 0.2) is 4.99 Å². The second-order valence-electron chi connectivity index (χ2n) is 21.9. The number of nitrogens with one attached hydrogen (secondary N) is 9. The molecule has 0 radical (unpaired) electrons. The van der Waals surface area contributed by atoms with Gasteiger partial charge < -0.3 is 80.4 Å². The summed E-state index contributed by atoms with van der Waals surface area (Å²) in [4.78, 5) is 150. The van der Waals surface area contributed by atoms with Gasteiger partial charge in [0.25, 0.3) is 0 Å². The van der Waals surface area contributed by atoms with Gasteiger partial charge in [0.05, 0.1) is 25.1 Å². The number of carboxylic acids is 2. The molecule has 0 heterocycles. The maximum Gasteiger partial charge on any atom is 0.326 e. The number of carbonyl (C=O) groups excluding carboxylic acids is 9. The highest BCUT2D eigenvalue weighted by molar-refractivity contribution is 7.98. The Morgan fingerprint density at radius 3 is 1.32 bits per heavy atom. The summed E-state index contributed by atoms with van der Waals surface area (Å²) in [6.07, 6.45) is -0.0249. The standard InChI is InChI=1S/C51H93N13O14S/c1-25(2)18-31(52)42(69)59-35(20-27(5)6)46(73)61-37(23-40(67)68)48(75)64-41(30(11)65)49(76)62-36(21-28(7)8)47(74)60-34(19-26(3)4)43(70)56-24-39(66)57-32(14-13-16-55-51(53)54)44(71)58-33(15-17-79-12)45(72)63-38(50(77)78)22-29(9)10/h25-38,41,65H,13-24,52H2,1-12H3,(H,56,70)(H,57,66)(H,58,71)(H,59,69)(H,60,74)(H,61,73)(H,62,76)(H,63,72)(H,64,75)(H,67,68)(H,77,78)(H4,53,54,55)/t30-,31+,32+,33+,34+,35+,36+,37+,38+,41+/m1/s1. The Hall–Kier alpha value is -6.29. The number of rotatable bonds is 39. The van der Waals surface area contributed by atoms with Gasteiger partial charge in [-0.3, -0.25) is 52.9 Å². The Morgan fingerprint density at radius 1 is 0.481 bits per heavy atom. The van der Waals surface area contributed by atoms with Crippen molar-refractivity contribution in [3.05, 3.63) is 0 Å². The minimum Gasteiger partial charge on any atom is -0.481 e. The van der Waals surface area contributed by atoms with Gasteiger partial charge in [-0.15, -0.1) is 0 Å². The Morgan fingerprint density at radius 2 is 0.873 bits per heavy atom. The molecule has 452 valence electrons. The Labute approximate surface area is 468 Å². The molecule has 0 fully saturated rings. The monoisotopic (exact) mass is 1140 g/mol. The van der Waals surface area contributed by atoms with Crippen LogP contribution in [0.2, 0.25) is 0 Å². The van der Waals surface area contributed by atoms with E-state index < -0.39 is 139 Å². The molecule has 0 rings (SSSR count). The third kappa shape index (κ3) is 31.2. The molecule has 0 aromatic carbocycles. The third-order valence-corrected chi connectivity index (χ3v) is 12.4. The summed E-state index contributed by atoms with van der Waals surface area (Å²) >= 11 is 1.39. The predicted molar refractivity (Wildman–Crippen MR) is 298 cm³/mol. The molecule has 0 spiro atoms. The van der Waals surface area contributed by atoms with E-state index in [1.807, 2.05) is 13.8 Å². The lowest BCUT2D eigenvalue weighted by atomic mass is 9.99. The van der Waals surface area contributed by atoms with Crippen LogP contribution in [0.25, 0.3) is 0 Å². The first-order valence-corrected chi connectivity index (χ1v) is 28.2. The summed E-state index contributed by atoms with van der Waals surface area (Å²) in [5.74, 6) is -11.1. The van der Waals surface area contributed by atoms with Crippen LogP contribution in [0.1, 0.15) is 134 Å². The van der Waals surface area contributed by atoms with E-state index >= 15 is 0 Å². The highest BCUT2D eigenvalue weighted by atomic mass is 32.2. The van der Waals surface area contributed by atoms with Gasteiger partial charge in [-0.25, -0.2) is 4.79 Å². The first-order valence-electron chi connectivity index (χ1n) is 26.8. The molecule has 10 atom stereocenters. The normalized spacial score (nSPS) is 15.2. The molecule has 0 saturated carbocycles. The molecule has 27 nitrogen and oxygen atoms in total. The van der Waals surface area contributed by atoms with Gasteiger partial charge in [0.15, 0.2) is 5.96 Å². The first kappa shape index (κ1) is 72.7. The zero-order chi connectivity index (χ0) is 60.9. The molecule has 0 bridgehead atoms. The molecule has 0 aliphatic rings. The summed E-state index contributed by atoms with van der Waals surface area (Å²) in [5, 5.41) is 52.6.